The van der Waals surface area contributed by atoms with Crippen molar-refractivity contribution in [3.05, 3.63) is 64.1 Å². The number of rotatable bonds is 2. The van der Waals surface area contributed by atoms with Crippen LogP contribution in [0.4, 0.5) is 5.69 Å². The standard InChI is InChI=1S/C14H11N2O2P/c1-10-13-4-2-3-9-15(13)14(19-10)11-5-7-12(8-6-11)16(17)18/h2-9H,1H3. The predicted molar refractivity (Wildman–Crippen MR) is 76.7 cm³/mol. The summed E-state index contributed by atoms with van der Waals surface area (Å²) in [5.74, 6) is 0. The number of aryl methyl sites for hydroxylation is 1. The Kier molecular flexibility index (Phi) is 2.80. The highest BCUT2D eigenvalue weighted by molar-refractivity contribution is 7.35. The molecule has 0 atom stereocenters. The summed E-state index contributed by atoms with van der Waals surface area (Å²) >= 11 is 0. The monoisotopic (exact) mass is 270 g/mol. The summed E-state index contributed by atoms with van der Waals surface area (Å²) in [5.41, 5.74) is 3.47. The summed E-state index contributed by atoms with van der Waals surface area (Å²) in [7, 11) is 1.15. The molecule has 94 valence electrons. The topological polar surface area (TPSA) is 47.5 Å². The van der Waals surface area contributed by atoms with Crippen LogP contribution in [0.25, 0.3) is 16.5 Å². The zero-order chi connectivity index (χ0) is 13.4. The Morgan fingerprint density at radius 1 is 1.16 bits per heavy atom. The third-order valence-corrected chi connectivity index (χ3v) is 4.32. The van der Waals surface area contributed by atoms with E-state index < -0.39 is 0 Å². The molecule has 0 fully saturated rings. The molecule has 0 radical (unpaired) electrons. The predicted octanol–water partition coefficient (Wildman–Crippen LogP) is 4.40. The molecule has 0 saturated heterocycles. The van der Waals surface area contributed by atoms with E-state index in [2.05, 4.69) is 17.4 Å². The number of hydrogen-bond donors (Lipinski definition) is 0. The van der Waals surface area contributed by atoms with Gasteiger partial charge in [-0.25, -0.2) is 0 Å². The van der Waals surface area contributed by atoms with E-state index >= 15 is 0 Å². The average molecular weight is 270 g/mol. The van der Waals surface area contributed by atoms with Gasteiger partial charge in [-0.3, -0.25) is 10.1 Å². The van der Waals surface area contributed by atoms with Crippen molar-refractivity contribution in [3.63, 3.8) is 0 Å². The first-order valence-corrected chi connectivity index (χ1v) is 6.75. The number of nitro benzene ring substituents is 1. The summed E-state index contributed by atoms with van der Waals surface area (Å²) in [6.07, 6.45) is 2.02. The van der Waals surface area contributed by atoms with E-state index in [0.29, 0.717) is 0 Å². The van der Waals surface area contributed by atoms with E-state index in [9.17, 15) is 10.1 Å². The van der Waals surface area contributed by atoms with Gasteiger partial charge < -0.3 is 4.40 Å². The third kappa shape index (κ3) is 2.00. The lowest BCUT2D eigenvalue weighted by molar-refractivity contribution is -0.384. The van der Waals surface area contributed by atoms with E-state index in [1.807, 2.05) is 30.5 Å². The van der Waals surface area contributed by atoms with Gasteiger partial charge in [0.2, 0.25) is 0 Å². The smallest absolute Gasteiger partial charge is 0.269 e. The van der Waals surface area contributed by atoms with Crippen molar-refractivity contribution in [1.29, 1.82) is 0 Å². The fourth-order valence-corrected chi connectivity index (χ4v) is 3.30. The van der Waals surface area contributed by atoms with Gasteiger partial charge in [0.1, 0.15) is 0 Å². The number of aromatic nitrogens is 1. The van der Waals surface area contributed by atoms with Crippen molar-refractivity contribution in [2.24, 2.45) is 0 Å². The van der Waals surface area contributed by atoms with Crippen LogP contribution in [0.1, 0.15) is 5.30 Å². The Morgan fingerprint density at radius 3 is 2.58 bits per heavy atom. The number of non-ortho nitro benzene ring substituents is 1. The number of hydrogen-bond acceptors (Lipinski definition) is 2. The van der Waals surface area contributed by atoms with Crippen LogP contribution in [0.15, 0.2) is 48.7 Å². The van der Waals surface area contributed by atoms with Gasteiger partial charge in [0, 0.05) is 29.2 Å². The maximum absolute atomic E-state index is 10.7. The second-order valence-corrected chi connectivity index (χ2v) is 5.60. The molecule has 0 bridgehead atoms. The Balaban J connectivity index is 2.16. The first-order valence-electron chi connectivity index (χ1n) is 5.85. The highest BCUT2D eigenvalue weighted by atomic mass is 31.0. The van der Waals surface area contributed by atoms with Crippen LogP contribution in [0.5, 0.6) is 0 Å². The fourth-order valence-electron chi connectivity index (χ4n) is 2.13. The lowest BCUT2D eigenvalue weighted by Gasteiger charge is -2.02. The van der Waals surface area contributed by atoms with Gasteiger partial charge in [0.15, 0.2) is 0 Å². The van der Waals surface area contributed by atoms with E-state index in [1.165, 1.54) is 10.8 Å². The Morgan fingerprint density at radius 2 is 1.89 bits per heavy atom. The van der Waals surface area contributed by atoms with Gasteiger partial charge in [-0.05, 0) is 39.4 Å². The van der Waals surface area contributed by atoms with Crippen LogP contribution in [-0.2, 0) is 0 Å². The van der Waals surface area contributed by atoms with Gasteiger partial charge in [0.25, 0.3) is 5.69 Å². The van der Waals surface area contributed by atoms with Crippen molar-refractivity contribution >= 4 is 19.4 Å². The lowest BCUT2D eigenvalue weighted by atomic mass is 10.2. The van der Waals surface area contributed by atoms with Crippen LogP contribution in [0, 0.1) is 17.0 Å². The molecule has 0 spiro atoms. The molecular formula is C14H11N2O2P. The molecule has 0 amide bonds. The Labute approximate surface area is 111 Å². The molecule has 0 saturated carbocycles. The van der Waals surface area contributed by atoms with Gasteiger partial charge in [-0.1, -0.05) is 6.07 Å². The molecule has 3 aromatic rings. The summed E-state index contributed by atoms with van der Waals surface area (Å²) in [4.78, 5) is 10.3. The van der Waals surface area contributed by atoms with Crippen LogP contribution in [0.3, 0.4) is 0 Å². The van der Waals surface area contributed by atoms with E-state index in [1.54, 1.807) is 12.1 Å². The van der Waals surface area contributed by atoms with E-state index in [-0.39, 0.29) is 10.6 Å². The van der Waals surface area contributed by atoms with Gasteiger partial charge in [-0.2, -0.15) is 0 Å². The minimum Gasteiger partial charge on any atom is -0.312 e. The van der Waals surface area contributed by atoms with Crippen molar-refractivity contribution in [3.8, 4) is 11.0 Å². The summed E-state index contributed by atoms with van der Waals surface area (Å²) in [6, 6.07) is 12.8. The van der Waals surface area contributed by atoms with Crippen molar-refractivity contribution < 1.29 is 4.92 Å². The maximum atomic E-state index is 10.7. The molecule has 0 aliphatic carbocycles. The molecule has 0 aliphatic rings. The van der Waals surface area contributed by atoms with Gasteiger partial charge in [-0.15, -0.1) is 0 Å². The van der Waals surface area contributed by atoms with Gasteiger partial charge in [0.05, 0.1) is 15.9 Å². The second kappa shape index (κ2) is 4.48. The minimum atomic E-state index is -0.376. The number of pyridine rings is 1. The van der Waals surface area contributed by atoms with Crippen LogP contribution < -0.4 is 0 Å². The number of nitrogens with zero attached hydrogens (tertiary/aromatic N) is 2. The minimum absolute atomic E-state index is 0.123. The van der Waals surface area contributed by atoms with E-state index in [4.69, 9.17) is 0 Å². The van der Waals surface area contributed by atoms with E-state index in [0.717, 1.165) is 19.2 Å². The quantitative estimate of drug-likeness (QED) is 0.511. The van der Waals surface area contributed by atoms with Crippen molar-refractivity contribution in [2.45, 2.75) is 6.92 Å². The molecule has 0 unspecified atom stereocenters. The molecular weight excluding hydrogens is 259 g/mol. The molecule has 3 rings (SSSR count). The summed E-state index contributed by atoms with van der Waals surface area (Å²) < 4.78 is 2.14. The molecule has 2 aromatic heterocycles. The zero-order valence-electron chi connectivity index (χ0n) is 10.3. The largest absolute Gasteiger partial charge is 0.312 e. The maximum Gasteiger partial charge on any atom is 0.269 e. The molecule has 5 heteroatoms. The number of fused-ring (bicyclic) bond motifs is 1. The molecule has 2 heterocycles. The summed E-state index contributed by atoms with van der Waals surface area (Å²) in [5, 5.41) is 12.0. The fraction of sp³-hybridized carbons (Fsp3) is 0.0714. The average Bonchev–Trinajstić information content (AvgIpc) is 2.77. The number of nitro groups is 1. The summed E-state index contributed by atoms with van der Waals surface area (Å²) in [6.45, 7) is 2.10. The Bertz CT molecular complexity index is 763. The zero-order valence-corrected chi connectivity index (χ0v) is 11.2. The first-order chi connectivity index (χ1) is 9.16. The first kappa shape index (κ1) is 11.9. The normalized spacial score (nSPS) is 11.2. The van der Waals surface area contributed by atoms with Crippen LogP contribution in [0.2, 0.25) is 0 Å². The van der Waals surface area contributed by atoms with Crippen molar-refractivity contribution in [1.82, 2.24) is 4.40 Å². The number of benzene rings is 1. The molecule has 19 heavy (non-hydrogen) atoms. The second-order valence-electron chi connectivity index (χ2n) is 4.28. The lowest BCUT2D eigenvalue weighted by Crippen LogP contribution is -1.89. The third-order valence-electron chi connectivity index (χ3n) is 3.07. The molecule has 0 aliphatic heterocycles. The SMILES string of the molecule is Cc1pc(-c2ccc([N+](=O)[O-])cc2)n2ccccc12. The highest BCUT2D eigenvalue weighted by Crippen LogP contribution is 2.35. The molecule has 0 N–H and O–H groups in total. The molecule has 1 aromatic carbocycles. The van der Waals surface area contributed by atoms with Crippen LogP contribution >= 0.6 is 8.19 Å². The Hall–Kier alpha value is -2.19. The molecule has 4 nitrogen and oxygen atoms in total. The van der Waals surface area contributed by atoms with Crippen LogP contribution in [-0.4, -0.2) is 9.32 Å². The van der Waals surface area contributed by atoms with Gasteiger partial charge >= 0.3 is 0 Å². The highest BCUT2D eigenvalue weighted by Gasteiger charge is 2.10. The van der Waals surface area contributed by atoms with Crippen molar-refractivity contribution in [2.75, 3.05) is 0 Å².